The van der Waals surface area contributed by atoms with E-state index >= 15 is 0 Å². The topological polar surface area (TPSA) is 72.4 Å². The Hall–Kier alpha value is -1.62. The van der Waals surface area contributed by atoms with Gasteiger partial charge < -0.3 is 5.73 Å². The SMILES string of the molecule is CCC1CCN(Cc2cccc([N+](=O)[O-])c2N)CC1. The molecule has 0 radical (unpaired) electrons. The van der Waals surface area contributed by atoms with Gasteiger partial charge in [0.05, 0.1) is 4.92 Å². The Morgan fingerprint density at radius 3 is 2.68 bits per heavy atom. The number of nitrogen functional groups attached to an aromatic ring is 1. The maximum Gasteiger partial charge on any atom is 0.292 e. The van der Waals surface area contributed by atoms with Crippen LogP contribution in [0.1, 0.15) is 31.7 Å². The third-order valence-electron chi connectivity index (χ3n) is 4.05. The van der Waals surface area contributed by atoms with Crippen LogP contribution in [0.15, 0.2) is 18.2 Å². The van der Waals surface area contributed by atoms with Gasteiger partial charge in [0, 0.05) is 12.6 Å². The molecule has 19 heavy (non-hydrogen) atoms. The predicted octanol–water partition coefficient (Wildman–Crippen LogP) is 2.80. The van der Waals surface area contributed by atoms with Crippen molar-refractivity contribution in [2.75, 3.05) is 18.8 Å². The molecule has 0 bridgehead atoms. The second-order valence-electron chi connectivity index (χ2n) is 5.23. The average molecular weight is 263 g/mol. The van der Waals surface area contributed by atoms with Crippen molar-refractivity contribution < 1.29 is 4.92 Å². The van der Waals surface area contributed by atoms with E-state index in [2.05, 4.69) is 11.8 Å². The molecule has 0 saturated carbocycles. The summed E-state index contributed by atoms with van der Waals surface area (Å²) in [6.07, 6.45) is 3.67. The van der Waals surface area contributed by atoms with Gasteiger partial charge in [0.25, 0.3) is 5.69 Å². The first-order valence-electron chi connectivity index (χ1n) is 6.86. The molecule has 0 atom stereocenters. The summed E-state index contributed by atoms with van der Waals surface area (Å²) >= 11 is 0. The third kappa shape index (κ3) is 3.23. The van der Waals surface area contributed by atoms with Crippen LogP contribution in [0.5, 0.6) is 0 Å². The first kappa shape index (κ1) is 13.8. The molecule has 0 amide bonds. The monoisotopic (exact) mass is 263 g/mol. The number of nitrogens with two attached hydrogens (primary N) is 1. The van der Waals surface area contributed by atoms with Gasteiger partial charge in [-0.3, -0.25) is 15.0 Å². The molecule has 1 heterocycles. The van der Waals surface area contributed by atoms with E-state index in [9.17, 15) is 10.1 Å². The summed E-state index contributed by atoms with van der Waals surface area (Å²) in [5.41, 5.74) is 7.08. The maximum absolute atomic E-state index is 10.9. The van der Waals surface area contributed by atoms with E-state index < -0.39 is 4.92 Å². The second-order valence-corrected chi connectivity index (χ2v) is 5.23. The molecule has 5 nitrogen and oxygen atoms in total. The number of hydrogen-bond donors (Lipinski definition) is 1. The van der Waals surface area contributed by atoms with Crippen LogP contribution in [0.3, 0.4) is 0 Å². The van der Waals surface area contributed by atoms with Crippen LogP contribution in [-0.2, 0) is 6.54 Å². The molecular weight excluding hydrogens is 242 g/mol. The number of para-hydroxylation sites is 1. The minimum absolute atomic E-state index is 0.0148. The Kier molecular flexibility index (Phi) is 4.37. The van der Waals surface area contributed by atoms with Gasteiger partial charge in [0.15, 0.2) is 0 Å². The normalized spacial score (nSPS) is 17.5. The van der Waals surface area contributed by atoms with Crippen LogP contribution in [0.4, 0.5) is 11.4 Å². The molecule has 104 valence electrons. The molecule has 2 rings (SSSR count). The summed E-state index contributed by atoms with van der Waals surface area (Å²) in [5, 5.41) is 10.9. The number of nitro groups is 1. The van der Waals surface area contributed by atoms with Gasteiger partial charge in [0.1, 0.15) is 5.69 Å². The third-order valence-corrected chi connectivity index (χ3v) is 4.05. The number of likely N-dealkylation sites (tertiary alicyclic amines) is 1. The van der Waals surface area contributed by atoms with Crippen LogP contribution in [0, 0.1) is 16.0 Å². The molecule has 1 fully saturated rings. The van der Waals surface area contributed by atoms with Crippen molar-refractivity contribution in [3.63, 3.8) is 0 Å². The molecule has 2 N–H and O–H groups in total. The minimum Gasteiger partial charge on any atom is -0.393 e. The average Bonchev–Trinajstić information content (AvgIpc) is 2.41. The summed E-state index contributed by atoms with van der Waals surface area (Å²) in [4.78, 5) is 12.8. The molecule has 5 heteroatoms. The number of rotatable bonds is 4. The number of nitro benzene ring substituents is 1. The molecule has 0 spiro atoms. The molecule has 1 aromatic rings. The fourth-order valence-corrected chi connectivity index (χ4v) is 2.69. The Morgan fingerprint density at radius 1 is 1.42 bits per heavy atom. The standard InChI is InChI=1S/C14H21N3O2/c1-2-11-6-8-16(9-7-11)10-12-4-3-5-13(14(12)15)17(18)19/h3-5,11H,2,6-10,15H2,1H3. The zero-order valence-electron chi connectivity index (χ0n) is 11.3. The second kappa shape index (κ2) is 6.02. The summed E-state index contributed by atoms with van der Waals surface area (Å²) < 4.78 is 0. The van der Waals surface area contributed by atoms with E-state index in [0.29, 0.717) is 12.2 Å². The van der Waals surface area contributed by atoms with E-state index in [-0.39, 0.29) is 5.69 Å². The predicted molar refractivity (Wildman–Crippen MR) is 75.8 cm³/mol. The van der Waals surface area contributed by atoms with Crippen molar-refractivity contribution in [3.05, 3.63) is 33.9 Å². The highest BCUT2D eigenvalue weighted by molar-refractivity contribution is 5.62. The van der Waals surface area contributed by atoms with Gasteiger partial charge in [0.2, 0.25) is 0 Å². The van der Waals surface area contributed by atoms with Crippen LogP contribution in [0.25, 0.3) is 0 Å². The van der Waals surface area contributed by atoms with Gasteiger partial charge in [-0.2, -0.15) is 0 Å². The highest BCUT2D eigenvalue weighted by Crippen LogP contribution is 2.27. The van der Waals surface area contributed by atoms with Gasteiger partial charge in [-0.05, 0) is 37.4 Å². The van der Waals surface area contributed by atoms with Gasteiger partial charge in [-0.15, -0.1) is 0 Å². The Morgan fingerprint density at radius 2 is 2.11 bits per heavy atom. The van der Waals surface area contributed by atoms with Crippen LogP contribution in [-0.4, -0.2) is 22.9 Å². The lowest BCUT2D eigenvalue weighted by atomic mass is 9.94. The largest absolute Gasteiger partial charge is 0.393 e. The van der Waals surface area contributed by atoms with Crippen molar-refractivity contribution in [2.24, 2.45) is 5.92 Å². The zero-order valence-corrected chi connectivity index (χ0v) is 11.3. The van der Waals surface area contributed by atoms with Crippen molar-refractivity contribution >= 4 is 11.4 Å². The summed E-state index contributed by atoms with van der Waals surface area (Å²) in [7, 11) is 0. The van der Waals surface area contributed by atoms with E-state index in [1.807, 2.05) is 6.07 Å². The molecule has 0 unspecified atom stereocenters. The van der Waals surface area contributed by atoms with E-state index in [1.54, 1.807) is 6.07 Å². The molecular formula is C14H21N3O2. The summed E-state index contributed by atoms with van der Waals surface area (Å²) in [5.74, 6) is 0.832. The smallest absolute Gasteiger partial charge is 0.292 e. The van der Waals surface area contributed by atoms with Crippen LogP contribution in [0.2, 0.25) is 0 Å². The molecule has 1 aliphatic heterocycles. The van der Waals surface area contributed by atoms with E-state index in [0.717, 1.165) is 24.6 Å². The highest BCUT2D eigenvalue weighted by Gasteiger charge is 2.20. The molecule has 0 aromatic heterocycles. The number of benzene rings is 1. The number of piperidine rings is 1. The Labute approximate surface area is 113 Å². The van der Waals surface area contributed by atoms with E-state index in [1.165, 1.54) is 25.3 Å². The first-order chi connectivity index (χ1) is 9.11. The summed E-state index contributed by atoms with van der Waals surface area (Å²) in [6.45, 7) is 5.06. The number of anilines is 1. The van der Waals surface area contributed by atoms with Gasteiger partial charge in [-0.1, -0.05) is 25.5 Å². The van der Waals surface area contributed by atoms with Crippen molar-refractivity contribution in [1.29, 1.82) is 0 Å². The maximum atomic E-state index is 10.9. The molecule has 1 saturated heterocycles. The quantitative estimate of drug-likeness (QED) is 0.515. The van der Waals surface area contributed by atoms with Gasteiger partial charge >= 0.3 is 0 Å². The van der Waals surface area contributed by atoms with Crippen LogP contribution >= 0.6 is 0 Å². The fraction of sp³-hybridized carbons (Fsp3) is 0.571. The minimum atomic E-state index is -0.415. The number of nitrogens with zero attached hydrogens (tertiary/aromatic N) is 2. The molecule has 1 aliphatic rings. The summed E-state index contributed by atoms with van der Waals surface area (Å²) in [6, 6.07) is 5.05. The van der Waals surface area contributed by atoms with Crippen molar-refractivity contribution in [3.8, 4) is 0 Å². The Bertz CT molecular complexity index is 454. The molecule has 0 aliphatic carbocycles. The highest BCUT2D eigenvalue weighted by atomic mass is 16.6. The van der Waals surface area contributed by atoms with Gasteiger partial charge in [-0.25, -0.2) is 0 Å². The zero-order chi connectivity index (χ0) is 13.8. The fourth-order valence-electron chi connectivity index (χ4n) is 2.69. The lowest BCUT2D eigenvalue weighted by Crippen LogP contribution is -2.33. The lowest BCUT2D eigenvalue weighted by Gasteiger charge is -2.31. The number of hydrogen-bond acceptors (Lipinski definition) is 4. The first-order valence-corrected chi connectivity index (χ1v) is 6.86. The van der Waals surface area contributed by atoms with E-state index in [4.69, 9.17) is 5.73 Å². The van der Waals surface area contributed by atoms with Crippen molar-refractivity contribution in [2.45, 2.75) is 32.7 Å². The van der Waals surface area contributed by atoms with Crippen LogP contribution < -0.4 is 5.73 Å². The lowest BCUT2D eigenvalue weighted by molar-refractivity contribution is -0.384. The molecule has 1 aromatic carbocycles. The van der Waals surface area contributed by atoms with Crippen molar-refractivity contribution in [1.82, 2.24) is 4.90 Å². The Balaban J connectivity index is 2.04.